The van der Waals surface area contributed by atoms with Gasteiger partial charge in [0.05, 0.1) is 6.21 Å². The summed E-state index contributed by atoms with van der Waals surface area (Å²) in [6.07, 6.45) is 1.10. The molecule has 0 heterocycles. The molecular formula is C17H16F2N2O2. The fourth-order valence-electron chi connectivity index (χ4n) is 1.82. The van der Waals surface area contributed by atoms with E-state index in [1.54, 1.807) is 0 Å². The van der Waals surface area contributed by atoms with Crippen LogP contribution in [0.3, 0.4) is 0 Å². The molecule has 23 heavy (non-hydrogen) atoms. The minimum Gasteiger partial charge on any atom is -0.483 e. The highest BCUT2D eigenvalue weighted by Crippen LogP contribution is 2.18. The van der Waals surface area contributed by atoms with E-state index in [4.69, 9.17) is 4.74 Å². The molecule has 0 aromatic heterocycles. The number of carbonyl (C=O) groups excluding carboxylic acids is 1. The van der Waals surface area contributed by atoms with Crippen LogP contribution >= 0.6 is 0 Å². The molecule has 0 bridgehead atoms. The van der Waals surface area contributed by atoms with E-state index in [1.807, 2.05) is 32.0 Å². The third-order valence-corrected chi connectivity index (χ3v) is 3.06. The van der Waals surface area contributed by atoms with Crippen LogP contribution in [0.5, 0.6) is 5.75 Å². The molecule has 1 amide bonds. The molecule has 0 atom stereocenters. The number of halogens is 2. The van der Waals surface area contributed by atoms with Gasteiger partial charge in [0, 0.05) is 11.6 Å². The lowest BCUT2D eigenvalue weighted by molar-refractivity contribution is -0.123. The molecule has 4 nitrogen and oxygen atoms in total. The van der Waals surface area contributed by atoms with Crippen LogP contribution in [0.4, 0.5) is 8.78 Å². The van der Waals surface area contributed by atoms with E-state index >= 15 is 0 Å². The third kappa shape index (κ3) is 4.88. The molecule has 2 aromatic rings. The minimum atomic E-state index is -0.755. The summed E-state index contributed by atoms with van der Waals surface area (Å²) in [6.45, 7) is 3.59. The third-order valence-electron chi connectivity index (χ3n) is 3.06. The summed E-state index contributed by atoms with van der Waals surface area (Å²) in [7, 11) is 0. The van der Waals surface area contributed by atoms with Crippen LogP contribution in [0.1, 0.15) is 16.7 Å². The number of benzene rings is 2. The highest BCUT2D eigenvalue weighted by atomic mass is 19.1. The predicted octanol–water partition coefficient (Wildman–Crippen LogP) is 3.11. The molecule has 6 heteroatoms. The second kappa shape index (κ2) is 7.49. The van der Waals surface area contributed by atoms with Gasteiger partial charge in [-0.1, -0.05) is 12.1 Å². The zero-order valence-electron chi connectivity index (χ0n) is 12.8. The number of rotatable bonds is 5. The Labute approximate surface area is 132 Å². The molecule has 0 spiro atoms. The molecule has 0 aliphatic carbocycles. The standard InChI is InChI=1S/C17H16F2N2O2/c1-11-3-4-12(2)16(7-11)23-10-17(22)21-20-9-13-5-6-14(18)8-15(13)19/h3-9H,10H2,1-2H3,(H,21,22)/b20-9+. The summed E-state index contributed by atoms with van der Waals surface area (Å²) < 4.78 is 31.5. The van der Waals surface area contributed by atoms with Crippen molar-refractivity contribution in [3.05, 3.63) is 64.7 Å². The number of hydrazone groups is 1. The molecule has 0 saturated carbocycles. The first-order valence-corrected chi connectivity index (χ1v) is 6.92. The lowest BCUT2D eigenvalue weighted by Gasteiger charge is -2.08. The zero-order valence-corrected chi connectivity index (χ0v) is 12.8. The lowest BCUT2D eigenvalue weighted by Crippen LogP contribution is -2.24. The van der Waals surface area contributed by atoms with Crippen LogP contribution in [0.25, 0.3) is 0 Å². The number of nitrogens with zero attached hydrogens (tertiary/aromatic N) is 1. The van der Waals surface area contributed by atoms with Crippen LogP contribution in [0.15, 0.2) is 41.5 Å². The first-order chi connectivity index (χ1) is 11.0. The summed E-state index contributed by atoms with van der Waals surface area (Å²) in [4.78, 5) is 11.6. The molecule has 120 valence electrons. The van der Waals surface area contributed by atoms with Gasteiger partial charge in [0.15, 0.2) is 6.61 Å². The van der Waals surface area contributed by atoms with E-state index in [0.29, 0.717) is 5.75 Å². The number of hydrogen-bond donors (Lipinski definition) is 1. The molecule has 0 saturated heterocycles. The van der Waals surface area contributed by atoms with Crippen molar-refractivity contribution >= 4 is 12.1 Å². The Hall–Kier alpha value is -2.76. The van der Waals surface area contributed by atoms with Gasteiger partial charge < -0.3 is 4.74 Å². The quantitative estimate of drug-likeness (QED) is 0.680. The van der Waals surface area contributed by atoms with E-state index in [1.165, 1.54) is 6.07 Å². The summed E-state index contributed by atoms with van der Waals surface area (Å²) in [5.74, 6) is -1.29. The van der Waals surface area contributed by atoms with Crippen molar-refractivity contribution in [1.82, 2.24) is 5.43 Å². The van der Waals surface area contributed by atoms with Crippen LogP contribution < -0.4 is 10.2 Å². The number of amides is 1. The Morgan fingerprint density at radius 2 is 2.00 bits per heavy atom. The topological polar surface area (TPSA) is 50.7 Å². The van der Waals surface area contributed by atoms with Crippen molar-refractivity contribution in [3.8, 4) is 5.75 Å². The molecule has 0 aliphatic rings. The average Bonchev–Trinajstić information content (AvgIpc) is 2.50. The van der Waals surface area contributed by atoms with Gasteiger partial charge in [0.2, 0.25) is 0 Å². The number of carbonyl (C=O) groups is 1. The summed E-state index contributed by atoms with van der Waals surface area (Å²) >= 11 is 0. The molecular weight excluding hydrogens is 302 g/mol. The van der Waals surface area contributed by atoms with E-state index in [9.17, 15) is 13.6 Å². The number of aryl methyl sites for hydroxylation is 2. The molecule has 1 N–H and O–H groups in total. The molecule has 0 radical (unpaired) electrons. The number of ether oxygens (including phenoxy) is 1. The Kier molecular flexibility index (Phi) is 5.41. The van der Waals surface area contributed by atoms with Crippen molar-refractivity contribution in [2.24, 2.45) is 5.10 Å². The average molecular weight is 318 g/mol. The van der Waals surface area contributed by atoms with Crippen molar-refractivity contribution in [2.45, 2.75) is 13.8 Å². The smallest absolute Gasteiger partial charge is 0.277 e. The summed E-state index contributed by atoms with van der Waals surface area (Å²) in [5.41, 5.74) is 4.23. The van der Waals surface area contributed by atoms with Crippen molar-refractivity contribution in [2.75, 3.05) is 6.61 Å². The Balaban J connectivity index is 1.87. The maximum atomic E-state index is 13.4. The van der Waals surface area contributed by atoms with Crippen molar-refractivity contribution < 1.29 is 18.3 Å². The van der Waals surface area contributed by atoms with E-state index in [-0.39, 0.29) is 12.2 Å². The van der Waals surface area contributed by atoms with Crippen molar-refractivity contribution in [3.63, 3.8) is 0 Å². The molecule has 0 fully saturated rings. The van der Waals surface area contributed by atoms with Crippen LogP contribution in [0, 0.1) is 25.5 Å². The largest absolute Gasteiger partial charge is 0.483 e. The minimum absolute atomic E-state index is 0.0714. The van der Waals surface area contributed by atoms with Gasteiger partial charge in [-0.2, -0.15) is 5.10 Å². The highest BCUT2D eigenvalue weighted by Gasteiger charge is 2.05. The van der Waals surface area contributed by atoms with Gasteiger partial charge in [0.25, 0.3) is 5.91 Å². The second-order valence-corrected chi connectivity index (χ2v) is 5.02. The lowest BCUT2D eigenvalue weighted by atomic mass is 10.1. The number of nitrogens with one attached hydrogen (secondary N) is 1. The first kappa shape index (κ1) is 16.6. The maximum absolute atomic E-state index is 13.4. The Morgan fingerprint density at radius 1 is 1.22 bits per heavy atom. The summed E-state index contributed by atoms with van der Waals surface area (Å²) in [5, 5.41) is 3.62. The van der Waals surface area contributed by atoms with Gasteiger partial charge in [-0.05, 0) is 43.2 Å². The SMILES string of the molecule is Cc1ccc(C)c(OCC(=O)N/N=C/c2ccc(F)cc2F)c1. The monoisotopic (exact) mass is 318 g/mol. The molecule has 2 aromatic carbocycles. The molecule has 0 unspecified atom stereocenters. The first-order valence-electron chi connectivity index (χ1n) is 6.92. The molecule has 0 aliphatic heterocycles. The number of hydrogen-bond acceptors (Lipinski definition) is 3. The van der Waals surface area contributed by atoms with Crippen molar-refractivity contribution in [1.29, 1.82) is 0 Å². The van der Waals surface area contributed by atoms with Crippen LogP contribution in [0.2, 0.25) is 0 Å². The molecule has 2 rings (SSSR count). The van der Waals surface area contributed by atoms with Crippen LogP contribution in [-0.4, -0.2) is 18.7 Å². The van der Waals surface area contributed by atoms with E-state index < -0.39 is 17.5 Å². The summed E-state index contributed by atoms with van der Waals surface area (Å²) in [6, 6.07) is 8.76. The Bertz CT molecular complexity index is 745. The predicted molar refractivity (Wildman–Crippen MR) is 83.5 cm³/mol. The maximum Gasteiger partial charge on any atom is 0.277 e. The van der Waals surface area contributed by atoms with Gasteiger partial charge in [-0.3, -0.25) is 4.79 Å². The van der Waals surface area contributed by atoms with Gasteiger partial charge in [-0.25, -0.2) is 14.2 Å². The normalized spacial score (nSPS) is 10.8. The zero-order chi connectivity index (χ0) is 16.8. The van der Waals surface area contributed by atoms with Gasteiger partial charge in [-0.15, -0.1) is 0 Å². The van der Waals surface area contributed by atoms with E-state index in [0.717, 1.165) is 29.5 Å². The Morgan fingerprint density at radius 3 is 2.74 bits per heavy atom. The second-order valence-electron chi connectivity index (χ2n) is 5.02. The van der Waals surface area contributed by atoms with Gasteiger partial charge in [0.1, 0.15) is 17.4 Å². The fourth-order valence-corrected chi connectivity index (χ4v) is 1.82. The highest BCUT2D eigenvalue weighted by molar-refractivity contribution is 5.83. The van der Waals surface area contributed by atoms with Crippen LogP contribution in [-0.2, 0) is 4.79 Å². The fraction of sp³-hybridized carbons (Fsp3) is 0.176. The van der Waals surface area contributed by atoms with Gasteiger partial charge >= 0.3 is 0 Å². The van der Waals surface area contributed by atoms with E-state index in [2.05, 4.69) is 10.5 Å².